The fraction of sp³-hybridized carbons (Fsp3) is 0.333. The molecule has 1 heterocycles. The second-order valence-electron chi connectivity index (χ2n) is 7.05. The average Bonchev–Trinajstić information content (AvgIpc) is 3.20. The molecule has 1 atom stereocenters. The van der Waals surface area contributed by atoms with E-state index in [2.05, 4.69) is 20.8 Å². The Hall–Kier alpha value is -3.17. The van der Waals surface area contributed by atoms with Gasteiger partial charge in [-0.2, -0.15) is 0 Å². The van der Waals surface area contributed by atoms with Gasteiger partial charge in [-0.15, -0.1) is 5.10 Å². The zero-order valence-corrected chi connectivity index (χ0v) is 18.4. The minimum absolute atomic E-state index is 0.00489. The van der Waals surface area contributed by atoms with Crippen LogP contribution >= 0.6 is 11.6 Å². The highest BCUT2D eigenvalue weighted by Gasteiger charge is 2.17. The molecule has 1 amide bonds. The molecule has 0 aliphatic rings. The molecule has 1 aromatic heterocycles. The highest BCUT2D eigenvalue weighted by atomic mass is 35.5. The molecular weight excluding hydrogens is 420 g/mol. The van der Waals surface area contributed by atoms with Crippen LogP contribution in [0.3, 0.4) is 0 Å². The Kier molecular flexibility index (Phi) is 7.80. The second kappa shape index (κ2) is 10.7. The monoisotopic (exact) mass is 444 g/mol. The molecule has 31 heavy (non-hydrogen) atoms. The van der Waals surface area contributed by atoms with Crippen molar-refractivity contribution < 1.29 is 14.3 Å². The molecule has 1 N–H and O–H groups in total. The van der Waals surface area contributed by atoms with E-state index in [1.807, 2.05) is 43.3 Å². The number of methoxy groups -OCH3 is 1. The number of nitrogens with zero attached hydrogens (tertiary/aromatic N) is 5. The summed E-state index contributed by atoms with van der Waals surface area (Å²) in [4.78, 5) is 14.6. The molecule has 0 saturated carbocycles. The van der Waals surface area contributed by atoms with Crippen molar-refractivity contribution in [2.24, 2.45) is 0 Å². The minimum atomic E-state index is -0.194. The van der Waals surface area contributed by atoms with Gasteiger partial charge in [0.25, 0.3) is 0 Å². The van der Waals surface area contributed by atoms with Crippen molar-refractivity contribution in [3.8, 4) is 11.5 Å². The molecule has 9 nitrogen and oxygen atoms in total. The summed E-state index contributed by atoms with van der Waals surface area (Å²) in [5, 5.41) is 15.1. The quantitative estimate of drug-likeness (QED) is 0.512. The fourth-order valence-corrected chi connectivity index (χ4v) is 3.08. The lowest BCUT2D eigenvalue weighted by Crippen LogP contribution is -2.36. The van der Waals surface area contributed by atoms with E-state index in [1.165, 1.54) is 4.68 Å². The number of hydrogen-bond acceptors (Lipinski definition) is 7. The molecule has 3 aromatic rings. The Morgan fingerprint density at radius 1 is 1.13 bits per heavy atom. The number of carbonyl (C=O) groups is 1. The summed E-state index contributed by atoms with van der Waals surface area (Å²) >= 11 is 5.87. The van der Waals surface area contributed by atoms with Crippen molar-refractivity contribution in [1.82, 2.24) is 30.4 Å². The Morgan fingerprint density at radius 3 is 2.45 bits per heavy atom. The fourth-order valence-electron chi connectivity index (χ4n) is 2.96. The van der Waals surface area contributed by atoms with E-state index in [0.717, 1.165) is 11.3 Å². The first-order valence-electron chi connectivity index (χ1n) is 9.66. The summed E-state index contributed by atoms with van der Waals surface area (Å²) in [5.41, 5.74) is 1.07. The van der Waals surface area contributed by atoms with Crippen LogP contribution in [0.25, 0.3) is 0 Å². The average molecular weight is 445 g/mol. The molecule has 2 aromatic carbocycles. The number of aromatic nitrogens is 4. The van der Waals surface area contributed by atoms with Gasteiger partial charge < -0.3 is 19.7 Å². The molecule has 0 bridgehead atoms. The van der Waals surface area contributed by atoms with Gasteiger partial charge in [-0.1, -0.05) is 23.7 Å². The summed E-state index contributed by atoms with van der Waals surface area (Å²) in [6.45, 7) is 0.569. The van der Waals surface area contributed by atoms with E-state index in [0.29, 0.717) is 23.1 Å². The van der Waals surface area contributed by atoms with E-state index in [1.54, 1.807) is 31.4 Å². The number of benzene rings is 2. The maximum absolute atomic E-state index is 12.5. The summed E-state index contributed by atoms with van der Waals surface area (Å²) in [7, 11) is 5.57. The molecule has 0 radical (unpaired) electrons. The maximum Gasteiger partial charge on any atom is 0.241 e. The predicted octanol–water partition coefficient (Wildman–Crippen LogP) is 2.33. The van der Waals surface area contributed by atoms with Gasteiger partial charge in [-0.25, -0.2) is 4.68 Å². The first-order chi connectivity index (χ1) is 15.0. The highest BCUT2D eigenvalue weighted by molar-refractivity contribution is 6.30. The van der Waals surface area contributed by atoms with Crippen molar-refractivity contribution >= 4 is 17.5 Å². The number of tetrazole rings is 1. The normalized spacial score (nSPS) is 11.9. The number of rotatable bonds is 10. The molecule has 164 valence electrons. The molecule has 0 aliphatic carbocycles. The zero-order chi connectivity index (χ0) is 22.2. The van der Waals surface area contributed by atoms with Gasteiger partial charge >= 0.3 is 0 Å². The SMILES string of the molecule is COc1ccc(C(CNC(=O)Cn2nnnc2COc2ccc(Cl)cc2)N(C)C)cc1. The van der Waals surface area contributed by atoms with Crippen LogP contribution in [0.5, 0.6) is 11.5 Å². The van der Waals surface area contributed by atoms with Crippen LogP contribution in [-0.4, -0.2) is 58.8 Å². The van der Waals surface area contributed by atoms with Gasteiger partial charge in [0.15, 0.2) is 5.82 Å². The van der Waals surface area contributed by atoms with Crippen molar-refractivity contribution in [1.29, 1.82) is 0 Å². The van der Waals surface area contributed by atoms with Crippen molar-refractivity contribution in [3.63, 3.8) is 0 Å². The second-order valence-corrected chi connectivity index (χ2v) is 7.49. The van der Waals surface area contributed by atoms with Crippen LogP contribution in [0.2, 0.25) is 5.02 Å². The van der Waals surface area contributed by atoms with Crippen LogP contribution in [0, 0.1) is 0 Å². The van der Waals surface area contributed by atoms with Gasteiger partial charge in [0.05, 0.1) is 13.2 Å². The van der Waals surface area contributed by atoms with Gasteiger partial charge in [-0.05, 0) is 66.5 Å². The Bertz CT molecular complexity index is 976. The van der Waals surface area contributed by atoms with E-state index < -0.39 is 0 Å². The molecule has 3 rings (SSSR count). The Labute approximate surface area is 185 Å². The van der Waals surface area contributed by atoms with Crippen LogP contribution in [0.4, 0.5) is 0 Å². The third-order valence-corrected chi connectivity index (χ3v) is 4.95. The number of ether oxygens (including phenoxy) is 2. The lowest BCUT2D eigenvalue weighted by atomic mass is 10.1. The molecule has 0 fully saturated rings. The number of carbonyl (C=O) groups excluding carboxylic acids is 1. The van der Waals surface area contributed by atoms with E-state index >= 15 is 0 Å². The zero-order valence-electron chi connectivity index (χ0n) is 17.7. The lowest BCUT2D eigenvalue weighted by molar-refractivity contribution is -0.122. The number of halogens is 1. The molecule has 0 aliphatic heterocycles. The lowest BCUT2D eigenvalue weighted by Gasteiger charge is -2.25. The standard InChI is InChI=1S/C21H25ClN6O3/c1-27(2)19(15-4-8-17(30-3)9-5-15)12-23-21(29)13-28-20(24-25-26-28)14-31-18-10-6-16(22)7-11-18/h4-11,19H,12-14H2,1-3H3,(H,23,29). The van der Waals surface area contributed by atoms with Gasteiger partial charge in [-0.3, -0.25) is 4.79 Å². The minimum Gasteiger partial charge on any atom is -0.497 e. The molecule has 10 heteroatoms. The third kappa shape index (κ3) is 6.40. The van der Waals surface area contributed by atoms with Crippen LogP contribution in [0.1, 0.15) is 17.4 Å². The molecule has 1 unspecified atom stereocenters. The van der Waals surface area contributed by atoms with Crippen molar-refractivity contribution in [3.05, 3.63) is 64.9 Å². The van der Waals surface area contributed by atoms with Crippen molar-refractivity contribution in [2.75, 3.05) is 27.7 Å². The van der Waals surface area contributed by atoms with Gasteiger partial charge in [0.1, 0.15) is 24.7 Å². The molecular formula is C21H25ClN6O3. The van der Waals surface area contributed by atoms with E-state index in [-0.39, 0.29) is 25.1 Å². The van der Waals surface area contributed by atoms with Gasteiger partial charge in [0, 0.05) is 11.6 Å². The maximum atomic E-state index is 12.5. The van der Waals surface area contributed by atoms with Crippen molar-refractivity contribution in [2.45, 2.75) is 19.2 Å². The largest absolute Gasteiger partial charge is 0.497 e. The van der Waals surface area contributed by atoms with Crippen LogP contribution in [-0.2, 0) is 17.9 Å². The third-order valence-electron chi connectivity index (χ3n) is 4.70. The number of hydrogen-bond donors (Lipinski definition) is 1. The smallest absolute Gasteiger partial charge is 0.241 e. The van der Waals surface area contributed by atoms with E-state index in [4.69, 9.17) is 21.1 Å². The highest BCUT2D eigenvalue weighted by Crippen LogP contribution is 2.21. The number of nitrogens with one attached hydrogen (secondary N) is 1. The first-order valence-corrected chi connectivity index (χ1v) is 10.0. The molecule has 0 spiro atoms. The summed E-state index contributed by atoms with van der Waals surface area (Å²) < 4.78 is 12.3. The van der Waals surface area contributed by atoms with Crippen LogP contribution in [0.15, 0.2) is 48.5 Å². The topological polar surface area (TPSA) is 94.4 Å². The number of amides is 1. The summed E-state index contributed by atoms with van der Waals surface area (Å²) in [5.74, 6) is 1.68. The number of likely N-dealkylation sites (N-methyl/N-ethyl adjacent to an activating group) is 1. The predicted molar refractivity (Wildman–Crippen MR) is 116 cm³/mol. The summed E-state index contributed by atoms with van der Waals surface area (Å²) in [6, 6.07) is 14.8. The Morgan fingerprint density at radius 2 is 1.81 bits per heavy atom. The van der Waals surface area contributed by atoms with Crippen LogP contribution < -0.4 is 14.8 Å². The van der Waals surface area contributed by atoms with Gasteiger partial charge in [0.2, 0.25) is 5.91 Å². The first kappa shape index (κ1) is 22.5. The summed E-state index contributed by atoms with van der Waals surface area (Å²) in [6.07, 6.45) is 0. The van der Waals surface area contributed by atoms with E-state index in [9.17, 15) is 4.79 Å². The Balaban J connectivity index is 1.55. The molecule has 0 saturated heterocycles.